The van der Waals surface area contributed by atoms with Gasteiger partial charge in [-0.05, 0) is 18.2 Å². The van der Waals surface area contributed by atoms with E-state index in [9.17, 15) is 9.18 Å². The van der Waals surface area contributed by atoms with Crippen LogP contribution in [0, 0.1) is 5.82 Å². The SMILES string of the molecule is Nc1ccccc1N(CC(=O)O)Cc1cccc(Cl)c1F. The third kappa shape index (κ3) is 3.64. The van der Waals surface area contributed by atoms with E-state index in [2.05, 4.69) is 0 Å². The van der Waals surface area contributed by atoms with Crippen LogP contribution in [0.2, 0.25) is 5.02 Å². The molecule has 0 saturated carbocycles. The Kier molecular flexibility index (Phi) is 4.65. The van der Waals surface area contributed by atoms with Gasteiger partial charge >= 0.3 is 5.97 Å². The Morgan fingerprint density at radius 1 is 1.24 bits per heavy atom. The summed E-state index contributed by atoms with van der Waals surface area (Å²) in [6.45, 7) is -0.229. The van der Waals surface area contributed by atoms with Crippen molar-refractivity contribution in [1.82, 2.24) is 0 Å². The fraction of sp³-hybridized carbons (Fsp3) is 0.133. The van der Waals surface area contributed by atoms with Gasteiger partial charge in [-0.15, -0.1) is 0 Å². The van der Waals surface area contributed by atoms with Crippen LogP contribution in [0.3, 0.4) is 0 Å². The molecule has 0 aliphatic heterocycles. The van der Waals surface area contributed by atoms with E-state index in [0.29, 0.717) is 16.9 Å². The number of anilines is 2. The maximum Gasteiger partial charge on any atom is 0.323 e. The van der Waals surface area contributed by atoms with E-state index < -0.39 is 11.8 Å². The van der Waals surface area contributed by atoms with Crippen LogP contribution in [0.5, 0.6) is 0 Å². The molecule has 21 heavy (non-hydrogen) atoms. The summed E-state index contributed by atoms with van der Waals surface area (Å²) < 4.78 is 14.0. The summed E-state index contributed by atoms with van der Waals surface area (Å²) in [4.78, 5) is 12.5. The molecule has 0 aliphatic carbocycles. The predicted molar refractivity (Wildman–Crippen MR) is 81.0 cm³/mol. The number of nitrogen functional groups attached to an aromatic ring is 1. The van der Waals surface area contributed by atoms with Crippen LogP contribution in [0.15, 0.2) is 42.5 Å². The van der Waals surface area contributed by atoms with Crippen LogP contribution < -0.4 is 10.6 Å². The maximum absolute atomic E-state index is 14.0. The lowest BCUT2D eigenvalue weighted by atomic mass is 10.1. The molecular formula is C15H14ClFN2O2. The molecule has 3 N–H and O–H groups in total. The number of hydrogen-bond acceptors (Lipinski definition) is 3. The molecule has 0 saturated heterocycles. The minimum absolute atomic E-state index is 0.00353. The van der Waals surface area contributed by atoms with Crippen LogP contribution in [-0.2, 0) is 11.3 Å². The number of hydrogen-bond donors (Lipinski definition) is 2. The second kappa shape index (κ2) is 6.45. The first-order valence-electron chi connectivity index (χ1n) is 6.23. The van der Waals surface area contributed by atoms with Crippen molar-refractivity contribution in [3.8, 4) is 0 Å². The normalized spacial score (nSPS) is 10.4. The Labute approximate surface area is 126 Å². The lowest BCUT2D eigenvalue weighted by molar-refractivity contribution is -0.135. The van der Waals surface area contributed by atoms with E-state index in [4.69, 9.17) is 22.4 Å². The first-order chi connectivity index (χ1) is 9.99. The smallest absolute Gasteiger partial charge is 0.323 e. The summed E-state index contributed by atoms with van der Waals surface area (Å²) in [5.74, 6) is -1.58. The Hall–Kier alpha value is -2.27. The molecule has 0 fully saturated rings. The number of carboxylic acids is 1. The van der Waals surface area contributed by atoms with Crippen molar-refractivity contribution < 1.29 is 14.3 Å². The highest BCUT2D eigenvalue weighted by molar-refractivity contribution is 6.30. The molecule has 0 unspecified atom stereocenters. The van der Waals surface area contributed by atoms with Crippen molar-refractivity contribution in [3.63, 3.8) is 0 Å². The topological polar surface area (TPSA) is 66.6 Å². The number of halogens is 2. The van der Waals surface area contributed by atoms with Gasteiger partial charge < -0.3 is 15.7 Å². The summed E-state index contributed by atoms with van der Waals surface area (Å²) in [5, 5.41) is 9.04. The number of aliphatic carboxylic acids is 1. The van der Waals surface area contributed by atoms with Crippen molar-refractivity contribution in [2.24, 2.45) is 0 Å². The molecule has 0 bridgehead atoms. The van der Waals surface area contributed by atoms with Crippen LogP contribution in [0.1, 0.15) is 5.56 Å². The zero-order valence-electron chi connectivity index (χ0n) is 11.1. The highest BCUT2D eigenvalue weighted by atomic mass is 35.5. The number of carboxylic acid groups (broad SMARTS) is 1. The zero-order chi connectivity index (χ0) is 15.4. The Bertz CT molecular complexity index is 664. The highest BCUT2D eigenvalue weighted by Gasteiger charge is 2.16. The quantitative estimate of drug-likeness (QED) is 0.833. The van der Waals surface area contributed by atoms with Gasteiger partial charge in [0.1, 0.15) is 12.4 Å². The first-order valence-corrected chi connectivity index (χ1v) is 6.61. The van der Waals surface area contributed by atoms with Crippen molar-refractivity contribution in [2.75, 3.05) is 17.2 Å². The molecular weight excluding hydrogens is 295 g/mol. The van der Waals surface area contributed by atoms with Crippen molar-refractivity contribution >= 4 is 28.9 Å². The maximum atomic E-state index is 14.0. The molecule has 0 aromatic heterocycles. The number of rotatable bonds is 5. The largest absolute Gasteiger partial charge is 0.480 e. The summed E-state index contributed by atoms with van der Waals surface area (Å²) in [6, 6.07) is 11.5. The van der Waals surface area contributed by atoms with E-state index in [0.717, 1.165) is 0 Å². The molecule has 2 aromatic rings. The minimum atomic E-state index is -1.03. The van der Waals surface area contributed by atoms with Gasteiger partial charge in [-0.25, -0.2) is 4.39 Å². The third-order valence-corrected chi connectivity index (χ3v) is 3.29. The number of nitrogens with two attached hydrogens (primary N) is 1. The molecule has 2 aromatic carbocycles. The summed E-state index contributed by atoms with van der Waals surface area (Å²) in [7, 11) is 0. The zero-order valence-corrected chi connectivity index (χ0v) is 11.8. The van der Waals surface area contributed by atoms with Crippen LogP contribution in [0.4, 0.5) is 15.8 Å². The molecule has 0 aliphatic rings. The van der Waals surface area contributed by atoms with Crippen molar-refractivity contribution in [2.45, 2.75) is 6.54 Å². The van der Waals surface area contributed by atoms with Gasteiger partial charge in [0.25, 0.3) is 0 Å². The average molecular weight is 309 g/mol. The third-order valence-electron chi connectivity index (χ3n) is 3.00. The van der Waals surface area contributed by atoms with Gasteiger partial charge in [-0.2, -0.15) is 0 Å². The van der Waals surface area contributed by atoms with Gasteiger partial charge in [-0.1, -0.05) is 35.9 Å². The second-order valence-corrected chi connectivity index (χ2v) is 4.93. The lowest BCUT2D eigenvalue weighted by Crippen LogP contribution is -2.30. The summed E-state index contributed by atoms with van der Waals surface area (Å²) >= 11 is 5.75. The fourth-order valence-corrected chi connectivity index (χ4v) is 2.24. The standard InChI is InChI=1S/C15H14ClFN2O2/c16-11-5-3-4-10(15(11)17)8-19(9-14(20)21)13-7-2-1-6-12(13)18/h1-7H,8-9,18H2,(H,20,21). The van der Waals surface area contributed by atoms with E-state index in [1.54, 1.807) is 36.4 Å². The van der Waals surface area contributed by atoms with Gasteiger partial charge in [0, 0.05) is 12.1 Å². The number of para-hydroxylation sites is 2. The summed E-state index contributed by atoms with van der Waals surface area (Å²) in [6.07, 6.45) is 0. The van der Waals surface area contributed by atoms with Gasteiger partial charge in [0.05, 0.1) is 16.4 Å². The van der Waals surface area contributed by atoms with Gasteiger partial charge in [0.15, 0.2) is 0 Å². The van der Waals surface area contributed by atoms with Crippen molar-refractivity contribution in [1.29, 1.82) is 0 Å². The van der Waals surface area contributed by atoms with Crippen LogP contribution in [0.25, 0.3) is 0 Å². The van der Waals surface area contributed by atoms with Gasteiger partial charge in [-0.3, -0.25) is 4.79 Å². The molecule has 6 heteroatoms. The number of nitrogens with zero attached hydrogens (tertiary/aromatic N) is 1. The molecule has 0 heterocycles. The molecule has 0 radical (unpaired) electrons. The number of benzene rings is 2. The van der Waals surface area contributed by atoms with E-state index >= 15 is 0 Å². The van der Waals surface area contributed by atoms with Gasteiger partial charge in [0.2, 0.25) is 0 Å². The average Bonchev–Trinajstić information content (AvgIpc) is 2.43. The molecule has 0 spiro atoms. The molecule has 4 nitrogen and oxygen atoms in total. The lowest BCUT2D eigenvalue weighted by Gasteiger charge is -2.24. The van der Waals surface area contributed by atoms with Crippen LogP contribution >= 0.6 is 11.6 Å². The monoisotopic (exact) mass is 308 g/mol. The Morgan fingerprint density at radius 3 is 2.62 bits per heavy atom. The Balaban J connectivity index is 2.35. The first kappa shape index (κ1) is 15.1. The number of carbonyl (C=O) groups is 1. The van der Waals surface area contributed by atoms with E-state index in [1.807, 2.05) is 0 Å². The van der Waals surface area contributed by atoms with E-state index in [1.165, 1.54) is 11.0 Å². The van der Waals surface area contributed by atoms with E-state index in [-0.39, 0.29) is 18.1 Å². The van der Waals surface area contributed by atoms with Crippen LogP contribution in [-0.4, -0.2) is 17.6 Å². The fourth-order valence-electron chi connectivity index (χ4n) is 2.04. The second-order valence-electron chi connectivity index (χ2n) is 4.52. The molecule has 0 atom stereocenters. The predicted octanol–water partition coefficient (Wildman–Crippen LogP) is 3.15. The highest BCUT2D eigenvalue weighted by Crippen LogP contribution is 2.26. The molecule has 0 amide bonds. The Morgan fingerprint density at radius 2 is 1.95 bits per heavy atom. The minimum Gasteiger partial charge on any atom is -0.480 e. The van der Waals surface area contributed by atoms with Crippen molar-refractivity contribution in [3.05, 3.63) is 58.9 Å². The summed E-state index contributed by atoms with van der Waals surface area (Å²) in [5.41, 5.74) is 7.15. The molecule has 2 rings (SSSR count). The molecule has 110 valence electrons.